The Bertz CT molecular complexity index is 688. The summed E-state index contributed by atoms with van der Waals surface area (Å²) in [5.74, 6) is -0.980. The van der Waals surface area contributed by atoms with Gasteiger partial charge in [0.15, 0.2) is 12.3 Å². The number of nitrogens with zero attached hydrogens (tertiary/aromatic N) is 1. The zero-order valence-electron chi connectivity index (χ0n) is 13.1. The van der Waals surface area contributed by atoms with Crippen LogP contribution in [-0.2, 0) is 27.3 Å². The molecule has 0 fully saturated rings. The van der Waals surface area contributed by atoms with Crippen LogP contribution in [0.1, 0.15) is 21.1 Å². The largest absolute Gasteiger partial charge is 0.451 e. The summed E-state index contributed by atoms with van der Waals surface area (Å²) in [5.41, 5.74) is 1.24. The topological polar surface area (TPSA) is 77.5 Å². The van der Waals surface area contributed by atoms with Crippen LogP contribution in [0.2, 0.25) is 5.02 Å². The standard InChI is InChI=1S/C16H17ClN2O4S/c1-22-9-15-19-13(10-24-15)16(21)23-8-14(20)18-7-6-11-2-4-12(17)5-3-11/h2-5,10H,6-9H2,1H3,(H,18,20). The Kier molecular flexibility index (Phi) is 7.17. The Morgan fingerprint density at radius 3 is 2.75 bits per heavy atom. The van der Waals surface area contributed by atoms with Gasteiger partial charge in [0.2, 0.25) is 0 Å². The fraction of sp³-hybridized carbons (Fsp3) is 0.312. The monoisotopic (exact) mass is 368 g/mol. The van der Waals surface area contributed by atoms with E-state index < -0.39 is 5.97 Å². The highest BCUT2D eigenvalue weighted by Crippen LogP contribution is 2.11. The second-order valence-electron chi connectivity index (χ2n) is 4.86. The maximum atomic E-state index is 11.8. The first-order valence-electron chi connectivity index (χ1n) is 7.20. The number of benzene rings is 1. The van der Waals surface area contributed by atoms with Crippen LogP contribution in [0.25, 0.3) is 0 Å². The van der Waals surface area contributed by atoms with Crippen LogP contribution in [0.3, 0.4) is 0 Å². The van der Waals surface area contributed by atoms with Crippen molar-refractivity contribution in [1.82, 2.24) is 10.3 Å². The molecule has 2 rings (SSSR count). The van der Waals surface area contributed by atoms with Gasteiger partial charge in [0.25, 0.3) is 5.91 Å². The summed E-state index contributed by atoms with van der Waals surface area (Å²) in [7, 11) is 1.55. The molecule has 2 aromatic rings. The Morgan fingerprint density at radius 1 is 1.29 bits per heavy atom. The lowest BCUT2D eigenvalue weighted by Crippen LogP contribution is -2.30. The van der Waals surface area contributed by atoms with E-state index in [-0.39, 0.29) is 18.2 Å². The summed E-state index contributed by atoms with van der Waals surface area (Å²) in [6.07, 6.45) is 0.670. The summed E-state index contributed by atoms with van der Waals surface area (Å²) < 4.78 is 9.87. The van der Waals surface area contributed by atoms with E-state index in [1.165, 1.54) is 11.3 Å². The van der Waals surface area contributed by atoms with Crippen molar-refractivity contribution in [3.8, 4) is 0 Å². The Labute approximate surface area is 148 Å². The molecule has 1 heterocycles. The predicted octanol–water partition coefficient (Wildman–Crippen LogP) is 2.46. The van der Waals surface area contributed by atoms with Crippen LogP contribution in [0.15, 0.2) is 29.6 Å². The van der Waals surface area contributed by atoms with E-state index in [0.717, 1.165) is 5.56 Å². The van der Waals surface area contributed by atoms with Crippen molar-refractivity contribution in [3.05, 3.63) is 50.9 Å². The average molecular weight is 369 g/mol. The third kappa shape index (κ3) is 5.92. The van der Waals surface area contributed by atoms with Crippen LogP contribution in [-0.4, -0.2) is 37.1 Å². The molecule has 24 heavy (non-hydrogen) atoms. The van der Waals surface area contributed by atoms with Crippen molar-refractivity contribution in [2.75, 3.05) is 20.3 Å². The number of amides is 1. The Hall–Kier alpha value is -1.96. The molecule has 0 spiro atoms. The molecule has 0 aliphatic carbocycles. The van der Waals surface area contributed by atoms with E-state index >= 15 is 0 Å². The van der Waals surface area contributed by atoms with Crippen LogP contribution in [0, 0.1) is 0 Å². The molecule has 0 unspecified atom stereocenters. The molecule has 8 heteroatoms. The molecule has 0 saturated carbocycles. The molecule has 1 aromatic heterocycles. The van der Waals surface area contributed by atoms with Gasteiger partial charge >= 0.3 is 5.97 Å². The first-order valence-corrected chi connectivity index (χ1v) is 8.46. The smallest absolute Gasteiger partial charge is 0.358 e. The fourth-order valence-electron chi connectivity index (χ4n) is 1.85. The number of ether oxygens (including phenoxy) is 2. The van der Waals surface area contributed by atoms with E-state index in [2.05, 4.69) is 10.3 Å². The second kappa shape index (κ2) is 9.36. The minimum atomic E-state index is -0.624. The quantitative estimate of drug-likeness (QED) is 0.724. The maximum absolute atomic E-state index is 11.8. The molecule has 0 atom stereocenters. The van der Waals surface area contributed by atoms with Gasteiger partial charge in [-0.05, 0) is 24.1 Å². The average Bonchev–Trinajstić information content (AvgIpc) is 3.03. The summed E-state index contributed by atoms with van der Waals surface area (Å²) in [6.45, 7) is 0.451. The van der Waals surface area contributed by atoms with Gasteiger partial charge in [-0.2, -0.15) is 0 Å². The van der Waals surface area contributed by atoms with Crippen molar-refractivity contribution >= 4 is 34.8 Å². The number of hydrogen-bond acceptors (Lipinski definition) is 6. The summed E-state index contributed by atoms with van der Waals surface area (Å²) in [4.78, 5) is 27.5. The molecule has 0 saturated heterocycles. The van der Waals surface area contributed by atoms with Crippen molar-refractivity contribution in [2.45, 2.75) is 13.0 Å². The van der Waals surface area contributed by atoms with E-state index in [0.29, 0.717) is 29.6 Å². The highest BCUT2D eigenvalue weighted by Gasteiger charge is 2.14. The zero-order valence-corrected chi connectivity index (χ0v) is 14.7. The SMILES string of the molecule is COCc1nc(C(=O)OCC(=O)NCCc2ccc(Cl)cc2)cs1. The molecular formula is C16H17ClN2O4S. The molecule has 1 aromatic carbocycles. The fourth-order valence-corrected chi connectivity index (χ4v) is 2.71. The molecular weight excluding hydrogens is 352 g/mol. The Morgan fingerprint density at radius 2 is 2.04 bits per heavy atom. The maximum Gasteiger partial charge on any atom is 0.358 e. The lowest BCUT2D eigenvalue weighted by atomic mass is 10.1. The van der Waals surface area contributed by atoms with Gasteiger partial charge in [-0.15, -0.1) is 11.3 Å². The number of esters is 1. The second-order valence-corrected chi connectivity index (χ2v) is 6.24. The highest BCUT2D eigenvalue weighted by molar-refractivity contribution is 7.09. The lowest BCUT2D eigenvalue weighted by Gasteiger charge is -2.06. The molecule has 0 aliphatic rings. The summed E-state index contributed by atoms with van der Waals surface area (Å²) in [6, 6.07) is 7.39. The van der Waals surface area contributed by atoms with Gasteiger partial charge in [-0.25, -0.2) is 9.78 Å². The van der Waals surface area contributed by atoms with Crippen molar-refractivity contribution < 1.29 is 19.1 Å². The van der Waals surface area contributed by atoms with Gasteiger partial charge in [0.1, 0.15) is 5.01 Å². The van der Waals surface area contributed by atoms with E-state index in [9.17, 15) is 9.59 Å². The molecule has 0 aliphatic heterocycles. The van der Waals surface area contributed by atoms with Gasteiger partial charge in [0, 0.05) is 24.1 Å². The number of rotatable bonds is 8. The highest BCUT2D eigenvalue weighted by atomic mass is 35.5. The number of hydrogen-bond donors (Lipinski definition) is 1. The number of nitrogens with one attached hydrogen (secondary N) is 1. The minimum Gasteiger partial charge on any atom is -0.451 e. The van der Waals surface area contributed by atoms with Crippen LogP contribution < -0.4 is 5.32 Å². The molecule has 0 bridgehead atoms. The van der Waals surface area contributed by atoms with Crippen LogP contribution in [0.5, 0.6) is 0 Å². The molecule has 0 radical (unpaired) electrons. The van der Waals surface area contributed by atoms with Crippen molar-refractivity contribution in [2.24, 2.45) is 0 Å². The number of methoxy groups -OCH3 is 1. The number of aromatic nitrogens is 1. The molecule has 1 amide bonds. The van der Waals surface area contributed by atoms with Crippen LogP contribution >= 0.6 is 22.9 Å². The molecule has 6 nitrogen and oxygen atoms in total. The molecule has 1 N–H and O–H groups in total. The van der Waals surface area contributed by atoms with E-state index in [4.69, 9.17) is 21.1 Å². The number of thiazole rings is 1. The van der Waals surface area contributed by atoms with Crippen molar-refractivity contribution in [1.29, 1.82) is 0 Å². The first-order chi connectivity index (χ1) is 11.6. The summed E-state index contributed by atoms with van der Waals surface area (Å²) >= 11 is 7.11. The lowest BCUT2D eigenvalue weighted by molar-refractivity contribution is -0.124. The van der Waals surface area contributed by atoms with Gasteiger partial charge in [-0.1, -0.05) is 23.7 Å². The summed E-state index contributed by atoms with van der Waals surface area (Å²) in [5, 5.41) is 5.62. The third-order valence-corrected chi connectivity index (χ3v) is 4.09. The normalized spacial score (nSPS) is 10.4. The third-order valence-electron chi connectivity index (χ3n) is 3.01. The van der Waals surface area contributed by atoms with Gasteiger partial charge < -0.3 is 14.8 Å². The number of halogens is 1. The van der Waals surface area contributed by atoms with Crippen molar-refractivity contribution in [3.63, 3.8) is 0 Å². The van der Waals surface area contributed by atoms with Gasteiger partial charge in [0.05, 0.1) is 6.61 Å². The van der Waals surface area contributed by atoms with Crippen LogP contribution in [0.4, 0.5) is 0 Å². The Balaban J connectivity index is 1.68. The number of carbonyl (C=O) groups excluding carboxylic acids is 2. The first kappa shape index (κ1) is 18.4. The number of carbonyl (C=O) groups is 2. The zero-order chi connectivity index (χ0) is 17.4. The van der Waals surface area contributed by atoms with E-state index in [1.54, 1.807) is 24.6 Å². The van der Waals surface area contributed by atoms with E-state index in [1.807, 2.05) is 12.1 Å². The minimum absolute atomic E-state index is 0.181. The molecule has 128 valence electrons. The van der Waals surface area contributed by atoms with Gasteiger partial charge in [-0.3, -0.25) is 4.79 Å². The predicted molar refractivity (Wildman–Crippen MR) is 91.3 cm³/mol.